The number of hydrogen-bond donors (Lipinski definition) is 1. The summed E-state index contributed by atoms with van der Waals surface area (Å²) < 4.78 is 0. The molecule has 5 nitrogen and oxygen atoms in total. The van der Waals surface area contributed by atoms with Crippen molar-refractivity contribution in [2.24, 2.45) is 29.4 Å². The Hall–Kier alpha value is -1.10. The van der Waals surface area contributed by atoms with E-state index >= 15 is 0 Å². The first-order valence-corrected chi connectivity index (χ1v) is 8.82. The Labute approximate surface area is 133 Å². The van der Waals surface area contributed by atoms with Crippen molar-refractivity contribution in [3.05, 3.63) is 0 Å². The second-order valence-electron chi connectivity index (χ2n) is 7.60. The quantitative estimate of drug-likeness (QED) is 0.830. The molecule has 124 valence electrons. The minimum absolute atomic E-state index is 0.0289. The Balaban J connectivity index is 1.61. The average Bonchev–Trinajstić information content (AvgIpc) is 2.98. The SMILES string of the molecule is CC(C)C(=O)N1CCCN(C(=O)C2C3CCC(C3)C2N)CC1. The van der Waals surface area contributed by atoms with Crippen LogP contribution in [0.1, 0.15) is 39.5 Å². The van der Waals surface area contributed by atoms with Crippen LogP contribution in [-0.4, -0.2) is 53.8 Å². The molecule has 1 heterocycles. The number of rotatable bonds is 2. The number of amides is 2. The van der Waals surface area contributed by atoms with Gasteiger partial charge in [-0.25, -0.2) is 0 Å². The fraction of sp³-hybridized carbons (Fsp3) is 0.882. The summed E-state index contributed by atoms with van der Waals surface area (Å²) in [7, 11) is 0. The van der Waals surface area contributed by atoms with E-state index in [2.05, 4.69) is 0 Å². The summed E-state index contributed by atoms with van der Waals surface area (Å²) in [4.78, 5) is 28.9. The van der Waals surface area contributed by atoms with Gasteiger partial charge in [0, 0.05) is 38.1 Å². The molecule has 0 aromatic carbocycles. The summed E-state index contributed by atoms with van der Waals surface area (Å²) in [6, 6.07) is 0.0582. The molecule has 3 fully saturated rings. The zero-order chi connectivity index (χ0) is 15.9. The molecule has 5 heteroatoms. The van der Waals surface area contributed by atoms with Crippen LogP contribution in [-0.2, 0) is 9.59 Å². The molecular weight excluding hydrogens is 278 g/mol. The molecule has 0 aromatic rings. The third kappa shape index (κ3) is 2.75. The van der Waals surface area contributed by atoms with Gasteiger partial charge in [0.05, 0.1) is 5.92 Å². The second kappa shape index (κ2) is 6.19. The highest BCUT2D eigenvalue weighted by molar-refractivity contribution is 5.81. The van der Waals surface area contributed by atoms with E-state index in [0.717, 1.165) is 25.9 Å². The van der Waals surface area contributed by atoms with Gasteiger partial charge in [-0.05, 0) is 37.5 Å². The highest BCUT2D eigenvalue weighted by Gasteiger charge is 2.50. The topological polar surface area (TPSA) is 66.6 Å². The van der Waals surface area contributed by atoms with Crippen molar-refractivity contribution in [1.82, 2.24) is 9.80 Å². The lowest BCUT2D eigenvalue weighted by atomic mass is 9.84. The van der Waals surface area contributed by atoms with Crippen LogP contribution in [0.3, 0.4) is 0 Å². The number of nitrogens with zero attached hydrogens (tertiary/aromatic N) is 2. The van der Waals surface area contributed by atoms with Crippen LogP contribution in [0.15, 0.2) is 0 Å². The van der Waals surface area contributed by atoms with Crippen LogP contribution < -0.4 is 5.73 Å². The van der Waals surface area contributed by atoms with Crippen LogP contribution in [0.5, 0.6) is 0 Å². The lowest BCUT2D eigenvalue weighted by Gasteiger charge is -2.32. The molecule has 4 atom stereocenters. The predicted octanol–water partition coefficient (Wildman–Crippen LogP) is 1.08. The molecule has 2 aliphatic carbocycles. The molecular formula is C17H29N3O2. The minimum atomic E-state index is 0.0289. The van der Waals surface area contributed by atoms with E-state index in [1.54, 1.807) is 0 Å². The molecule has 2 N–H and O–H groups in total. The molecule has 22 heavy (non-hydrogen) atoms. The number of nitrogens with two attached hydrogens (primary N) is 1. The third-order valence-corrected chi connectivity index (χ3v) is 5.88. The summed E-state index contributed by atoms with van der Waals surface area (Å²) in [5.41, 5.74) is 6.31. The Bertz CT molecular complexity index is 449. The molecule has 2 bridgehead atoms. The second-order valence-corrected chi connectivity index (χ2v) is 7.60. The Morgan fingerprint density at radius 1 is 1.00 bits per heavy atom. The lowest BCUT2D eigenvalue weighted by molar-refractivity contribution is -0.139. The Morgan fingerprint density at radius 2 is 1.64 bits per heavy atom. The van der Waals surface area contributed by atoms with Crippen molar-refractivity contribution in [3.63, 3.8) is 0 Å². The zero-order valence-electron chi connectivity index (χ0n) is 13.8. The molecule has 1 aliphatic heterocycles. The molecule has 0 aromatic heterocycles. The van der Waals surface area contributed by atoms with Gasteiger partial charge in [0.25, 0.3) is 0 Å². The van der Waals surface area contributed by atoms with E-state index < -0.39 is 0 Å². The summed E-state index contributed by atoms with van der Waals surface area (Å²) in [5, 5.41) is 0. The van der Waals surface area contributed by atoms with Gasteiger partial charge >= 0.3 is 0 Å². The molecule has 0 radical (unpaired) electrons. The van der Waals surface area contributed by atoms with E-state index in [-0.39, 0.29) is 29.7 Å². The van der Waals surface area contributed by atoms with E-state index in [1.807, 2.05) is 23.6 Å². The van der Waals surface area contributed by atoms with Crippen LogP contribution in [0.25, 0.3) is 0 Å². The fourth-order valence-electron chi connectivity index (χ4n) is 4.64. The third-order valence-electron chi connectivity index (χ3n) is 5.88. The number of fused-ring (bicyclic) bond motifs is 2. The van der Waals surface area contributed by atoms with Crippen LogP contribution in [0.2, 0.25) is 0 Å². The van der Waals surface area contributed by atoms with Crippen LogP contribution in [0.4, 0.5) is 0 Å². The smallest absolute Gasteiger partial charge is 0.227 e. The normalized spacial score (nSPS) is 35.1. The number of carbonyl (C=O) groups excluding carboxylic acids is 2. The van der Waals surface area contributed by atoms with E-state index in [4.69, 9.17) is 5.73 Å². The Morgan fingerprint density at radius 3 is 2.27 bits per heavy atom. The first-order chi connectivity index (χ1) is 10.5. The van der Waals surface area contributed by atoms with Gasteiger partial charge in [-0.15, -0.1) is 0 Å². The highest BCUT2D eigenvalue weighted by Crippen LogP contribution is 2.48. The summed E-state index contributed by atoms with van der Waals surface area (Å²) in [6.07, 6.45) is 4.39. The van der Waals surface area contributed by atoms with Gasteiger partial charge in [-0.2, -0.15) is 0 Å². The molecule has 2 amide bonds. The largest absolute Gasteiger partial charge is 0.341 e. The first kappa shape index (κ1) is 15.8. The van der Waals surface area contributed by atoms with E-state index in [1.165, 1.54) is 12.8 Å². The van der Waals surface area contributed by atoms with Crippen molar-refractivity contribution in [3.8, 4) is 0 Å². The van der Waals surface area contributed by atoms with Crippen LogP contribution >= 0.6 is 0 Å². The van der Waals surface area contributed by atoms with Crippen molar-refractivity contribution >= 4 is 11.8 Å². The maximum absolute atomic E-state index is 12.9. The van der Waals surface area contributed by atoms with Crippen molar-refractivity contribution in [2.75, 3.05) is 26.2 Å². The maximum atomic E-state index is 12.9. The number of carbonyl (C=O) groups is 2. The van der Waals surface area contributed by atoms with Gasteiger partial charge in [0.15, 0.2) is 0 Å². The van der Waals surface area contributed by atoms with Gasteiger partial charge in [-0.1, -0.05) is 13.8 Å². The first-order valence-electron chi connectivity index (χ1n) is 8.82. The van der Waals surface area contributed by atoms with Crippen molar-refractivity contribution in [1.29, 1.82) is 0 Å². The molecule has 1 saturated heterocycles. The van der Waals surface area contributed by atoms with Gasteiger partial charge in [0.1, 0.15) is 0 Å². The van der Waals surface area contributed by atoms with Crippen LogP contribution in [0, 0.1) is 23.7 Å². The molecule has 3 aliphatic rings. The van der Waals surface area contributed by atoms with E-state index in [0.29, 0.717) is 24.9 Å². The fourth-order valence-corrected chi connectivity index (χ4v) is 4.64. The van der Waals surface area contributed by atoms with Gasteiger partial charge in [0.2, 0.25) is 11.8 Å². The summed E-state index contributed by atoms with van der Waals surface area (Å²) in [5.74, 6) is 1.57. The summed E-state index contributed by atoms with van der Waals surface area (Å²) in [6.45, 7) is 6.73. The highest BCUT2D eigenvalue weighted by atomic mass is 16.2. The van der Waals surface area contributed by atoms with Gasteiger partial charge < -0.3 is 15.5 Å². The summed E-state index contributed by atoms with van der Waals surface area (Å²) >= 11 is 0. The standard InChI is InChI=1S/C17H29N3O2/c1-11(2)16(21)19-6-3-7-20(9-8-19)17(22)14-12-4-5-13(10-12)15(14)18/h11-15H,3-10,18H2,1-2H3. The predicted molar refractivity (Wildman–Crippen MR) is 84.9 cm³/mol. The average molecular weight is 307 g/mol. The Kier molecular flexibility index (Phi) is 4.44. The van der Waals surface area contributed by atoms with E-state index in [9.17, 15) is 9.59 Å². The maximum Gasteiger partial charge on any atom is 0.227 e. The van der Waals surface area contributed by atoms with Gasteiger partial charge in [-0.3, -0.25) is 9.59 Å². The molecule has 3 rings (SSSR count). The molecule has 2 saturated carbocycles. The molecule has 0 spiro atoms. The zero-order valence-corrected chi connectivity index (χ0v) is 13.8. The minimum Gasteiger partial charge on any atom is -0.341 e. The van der Waals surface area contributed by atoms with Crippen molar-refractivity contribution < 1.29 is 9.59 Å². The molecule has 4 unspecified atom stereocenters. The lowest BCUT2D eigenvalue weighted by Crippen LogP contribution is -2.48. The monoisotopic (exact) mass is 307 g/mol. The van der Waals surface area contributed by atoms with Crippen molar-refractivity contribution in [2.45, 2.75) is 45.6 Å². The number of hydrogen-bond acceptors (Lipinski definition) is 3.